The van der Waals surface area contributed by atoms with Crippen molar-refractivity contribution in [3.8, 4) is 0 Å². The van der Waals surface area contributed by atoms with Crippen molar-refractivity contribution in [2.75, 3.05) is 0 Å². The number of carbonyl (C=O) groups excluding carboxylic acids is 3. The molecule has 2 heterocycles. The maximum atomic E-state index is 13.3. The van der Waals surface area contributed by atoms with Crippen molar-refractivity contribution < 1.29 is 14.4 Å². The number of carbonyl (C=O) groups is 3. The first-order valence-corrected chi connectivity index (χ1v) is 12.5. The lowest BCUT2D eigenvalue weighted by Crippen LogP contribution is -2.58. The molecule has 1 saturated heterocycles. The van der Waals surface area contributed by atoms with Gasteiger partial charge >= 0.3 is 6.03 Å². The molecule has 34 heavy (non-hydrogen) atoms. The Morgan fingerprint density at radius 1 is 1.06 bits per heavy atom. The van der Waals surface area contributed by atoms with E-state index in [2.05, 4.69) is 21.2 Å². The van der Waals surface area contributed by atoms with Crippen LogP contribution in [0.4, 0.5) is 4.79 Å². The molecule has 2 aromatic carbocycles. The number of amides is 4. The van der Waals surface area contributed by atoms with E-state index in [0.29, 0.717) is 11.6 Å². The molecular formula is C26H23BrClN3O3. The van der Waals surface area contributed by atoms with Crippen LogP contribution in [-0.4, -0.2) is 33.4 Å². The SMILES string of the molecule is O=C1NC(=O)N(C2CCCCC2)C(=O)/C1=C/c1cn(Cc2ccccc2Cl)c2ccc(Br)cc12. The van der Waals surface area contributed by atoms with Gasteiger partial charge < -0.3 is 4.57 Å². The van der Waals surface area contributed by atoms with Gasteiger partial charge in [-0.3, -0.25) is 19.8 Å². The Morgan fingerprint density at radius 3 is 2.59 bits per heavy atom. The van der Waals surface area contributed by atoms with Crippen molar-refractivity contribution >= 4 is 62.4 Å². The van der Waals surface area contributed by atoms with Crippen molar-refractivity contribution in [1.29, 1.82) is 0 Å². The molecule has 5 rings (SSSR count). The summed E-state index contributed by atoms with van der Waals surface area (Å²) in [4.78, 5) is 39.8. The summed E-state index contributed by atoms with van der Waals surface area (Å²) in [6, 6.07) is 12.7. The third kappa shape index (κ3) is 4.30. The van der Waals surface area contributed by atoms with Crippen LogP contribution in [0.15, 0.2) is 58.7 Å². The van der Waals surface area contributed by atoms with Gasteiger partial charge in [-0.1, -0.05) is 65.0 Å². The minimum absolute atomic E-state index is 0.0260. The fraction of sp³-hybridized carbons (Fsp3) is 0.269. The van der Waals surface area contributed by atoms with Gasteiger partial charge in [-0.2, -0.15) is 0 Å². The minimum Gasteiger partial charge on any atom is -0.342 e. The van der Waals surface area contributed by atoms with Crippen molar-refractivity contribution in [3.05, 3.63) is 74.9 Å². The lowest BCUT2D eigenvalue weighted by molar-refractivity contribution is -0.132. The fourth-order valence-corrected chi connectivity index (χ4v) is 5.41. The number of halogens is 2. The summed E-state index contributed by atoms with van der Waals surface area (Å²) >= 11 is 9.91. The van der Waals surface area contributed by atoms with Crippen LogP contribution >= 0.6 is 27.5 Å². The molecule has 0 radical (unpaired) electrons. The Morgan fingerprint density at radius 2 is 1.82 bits per heavy atom. The number of imide groups is 2. The summed E-state index contributed by atoms with van der Waals surface area (Å²) in [6.07, 6.45) is 8.08. The van der Waals surface area contributed by atoms with Gasteiger partial charge in [-0.05, 0) is 48.7 Å². The molecule has 174 valence electrons. The molecule has 0 bridgehead atoms. The van der Waals surface area contributed by atoms with Gasteiger partial charge in [0.2, 0.25) is 0 Å². The monoisotopic (exact) mass is 539 g/mol. The van der Waals surface area contributed by atoms with E-state index in [9.17, 15) is 14.4 Å². The molecule has 3 aromatic rings. The average molecular weight is 541 g/mol. The molecule has 0 spiro atoms. The van der Waals surface area contributed by atoms with Crippen LogP contribution in [0.5, 0.6) is 0 Å². The summed E-state index contributed by atoms with van der Waals surface area (Å²) in [5, 5.41) is 3.92. The quantitative estimate of drug-likeness (QED) is 0.331. The summed E-state index contributed by atoms with van der Waals surface area (Å²) in [5.41, 5.74) is 2.60. The Labute approximate surface area is 210 Å². The summed E-state index contributed by atoms with van der Waals surface area (Å²) in [6.45, 7) is 0.536. The van der Waals surface area contributed by atoms with E-state index in [1.807, 2.05) is 53.2 Å². The Hall–Kier alpha value is -2.90. The minimum atomic E-state index is -0.663. The van der Waals surface area contributed by atoms with Crippen LogP contribution < -0.4 is 5.32 Å². The molecule has 1 N–H and O–H groups in total. The van der Waals surface area contributed by atoms with E-state index in [4.69, 9.17) is 11.6 Å². The number of hydrogen-bond acceptors (Lipinski definition) is 3. The van der Waals surface area contributed by atoms with Gasteiger partial charge in [0.25, 0.3) is 11.8 Å². The van der Waals surface area contributed by atoms with Crippen molar-refractivity contribution in [2.24, 2.45) is 0 Å². The average Bonchev–Trinajstić information content (AvgIpc) is 3.15. The molecule has 1 saturated carbocycles. The van der Waals surface area contributed by atoms with Crippen molar-refractivity contribution in [1.82, 2.24) is 14.8 Å². The Balaban J connectivity index is 1.56. The summed E-state index contributed by atoms with van der Waals surface area (Å²) in [7, 11) is 0. The number of aromatic nitrogens is 1. The molecule has 2 aliphatic rings. The van der Waals surface area contributed by atoms with Gasteiger partial charge in [-0.15, -0.1) is 0 Å². The van der Waals surface area contributed by atoms with Crippen LogP contribution in [-0.2, 0) is 16.1 Å². The molecule has 0 unspecified atom stereocenters. The van der Waals surface area contributed by atoms with Crippen LogP contribution in [0, 0.1) is 0 Å². The maximum absolute atomic E-state index is 13.3. The van der Waals surface area contributed by atoms with E-state index in [0.717, 1.165) is 58.6 Å². The fourth-order valence-electron chi connectivity index (χ4n) is 4.85. The standard InChI is InChI=1S/C26H23BrClN3O3/c27-18-10-11-23-20(13-18)17(15-30(23)14-16-6-4-5-9-22(16)28)12-21-24(32)29-26(34)31(25(21)33)19-7-2-1-3-8-19/h4-6,9-13,15,19H,1-3,7-8,14H2,(H,29,32,34)/b21-12+. The third-order valence-corrected chi connectivity index (χ3v) is 7.41. The second-order valence-electron chi connectivity index (χ2n) is 8.75. The van der Waals surface area contributed by atoms with Crippen LogP contribution in [0.25, 0.3) is 17.0 Å². The number of nitrogens with one attached hydrogen (secondary N) is 1. The number of rotatable bonds is 4. The van der Waals surface area contributed by atoms with Gasteiger partial charge in [-0.25, -0.2) is 4.79 Å². The number of urea groups is 1. The Bertz CT molecular complexity index is 1340. The van der Waals surface area contributed by atoms with Gasteiger partial charge in [0.05, 0.1) is 0 Å². The van der Waals surface area contributed by atoms with E-state index in [1.165, 1.54) is 4.90 Å². The van der Waals surface area contributed by atoms with Crippen LogP contribution in [0.1, 0.15) is 43.2 Å². The molecule has 4 amide bonds. The number of fused-ring (bicyclic) bond motifs is 1. The molecule has 6 nitrogen and oxygen atoms in total. The summed E-state index contributed by atoms with van der Waals surface area (Å²) in [5.74, 6) is -1.19. The second kappa shape index (κ2) is 9.39. The highest BCUT2D eigenvalue weighted by atomic mass is 79.9. The predicted octanol–water partition coefficient (Wildman–Crippen LogP) is 5.90. The zero-order chi connectivity index (χ0) is 23.8. The van der Waals surface area contributed by atoms with Gasteiger partial charge in [0, 0.05) is 44.7 Å². The number of hydrogen-bond donors (Lipinski definition) is 1. The number of barbiturate groups is 1. The van der Waals surface area contributed by atoms with E-state index < -0.39 is 17.8 Å². The van der Waals surface area contributed by atoms with Crippen LogP contribution in [0.2, 0.25) is 5.02 Å². The molecule has 1 aliphatic carbocycles. The van der Waals surface area contributed by atoms with E-state index in [-0.39, 0.29) is 11.6 Å². The van der Waals surface area contributed by atoms with Crippen molar-refractivity contribution in [3.63, 3.8) is 0 Å². The molecule has 8 heteroatoms. The molecular weight excluding hydrogens is 518 g/mol. The smallest absolute Gasteiger partial charge is 0.331 e. The zero-order valence-corrected chi connectivity index (χ0v) is 20.7. The Kier molecular flexibility index (Phi) is 6.32. The lowest BCUT2D eigenvalue weighted by atomic mass is 9.93. The topological polar surface area (TPSA) is 71.4 Å². The maximum Gasteiger partial charge on any atom is 0.331 e. The van der Waals surface area contributed by atoms with Gasteiger partial charge in [0.1, 0.15) is 5.57 Å². The van der Waals surface area contributed by atoms with Crippen molar-refractivity contribution in [2.45, 2.75) is 44.7 Å². The lowest BCUT2D eigenvalue weighted by Gasteiger charge is -2.35. The highest BCUT2D eigenvalue weighted by Gasteiger charge is 2.40. The largest absolute Gasteiger partial charge is 0.342 e. The molecule has 1 aliphatic heterocycles. The highest BCUT2D eigenvalue weighted by molar-refractivity contribution is 9.10. The first-order chi connectivity index (χ1) is 16.4. The second-order valence-corrected chi connectivity index (χ2v) is 10.1. The first kappa shape index (κ1) is 22.9. The predicted molar refractivity (Wildman–Crippen MR) is 135 cm³/mol. The zero-order valence-electron chi connectivity index (χ0n) is 18.4. The van der Waals surface area contributed by atoms with Gasteiger partial charge in [0.15, 0.2) is 0 Å². The molecule has 0 atom stereocenters. The number of benzene rings is 2. The first-order valence-electron chi connectivity index (χ1n) is 11.3. The van der Waals surface area contributed by atoms with E-state index in [1.54, 1.807) is 6.08 Å². The van der Waals surface area contributed by atoms with Crippen LogP contribution in [0.3, 0.4) is 0 Å². The number of nitrogens with zero attached hydrogens (tertiary/aromatic N) is 2. The summed E-state index contributed by atoms with van der Waals surface area (Å²) < 4.78 is 2.93. The third-order valence-electron chi connectivity index (χ3n) is 6.55. The molecule has 2 fully saturated rings. The van der Waals surface area contributed by atoms with E-state index >= 15 is 0 Å². The highest BCUT2D eigenvalue weighted by Crippen LogP contribution is 2.31. The normalized spacial score (nSPS) is 18.7. The molecule has 1 aromatic heterocycles.